The molecule has 3 heterocycles. The zero-order valence-corrected chi connectivity index (χ0v) is 34.1. The third-order valence-corrected chi connectivity index (χ3v) is 12.0. The summed E-state index contributed by atoms with van der Waals surface area (Å²) in [5.74, 6) is 1.86. The maximum atomic E-state index is 5.56. The van der Waals surface area contributed by atoms with Crippen LogP contribution in [-0.4, -0.2) is 24.5 Å². The van der Waals surface area contributed by atoms with Crippen molar-refractivity contribution in [1.82, 2.24) is 24.5 Å². The molecule has 0 aliphatic carbocycles. The number of hydrogen-bond acceptors (Lipinski definition) is 4. The molecule has 0 unspecified atom stereocenters. The zero-order valence-electron chi connectivity index (χ0n) is 34.1. The highest BCUT2D eigenvalue weighted by molar-refractivity contribution is 6.30. The Bertz CT molecular complexity index is 3640. The molecule has 0 amide bonds. The minimum absolute atomic E-state index is 0.612. The van der Waals surface area contributed by atoms with Gasteiger partial charge in [0.25, 0.3) is 0 Å². The molecule has 0 radical (unpaired) electrons. The third-order valence-electron chi connectivity index (χ3n) is 12.0. The van der Waals surface area contributed by atoms with Crippen molar-refractivity contribution in [2.24, 2.45) is 0 Å². The van der Waals surface area contributed by atoms with Gasteiger partial charge in [0.05, 0.1) is 22.2 Å². The molecule has 9 aromatic carbocycles. The monoisotopic (exact) mass is 803 g/mol. The highest BCUT2D eigenvalue weighted by Crippen LogP contribution is 2.44. The average Bonchev–Trinajstić information content (AvgIpc) is 3.71. The van der Waals surface area contributed by atoms with Gasteiger partial charge in [-0.25, -0.2) is 19.9 Å². The lowest BCUT2D eigenvalue weighted by Crippen LogP contribution is -2.00. The first-order chi connectivity index (χ1) is 31.2. The van der Waals surface area contributed by atoms with Crippen LogP contribution in [0.3, 0.4) is 0 Å². The molecule has 0 bridgehead atoms. The van der Waals surface area contributed by atoms with E-state index in [-0.39, 0.29) is 0 Å². The number of aromatic nitrogens is 5. The van der Waals surface area contributed by atoms with Crippen LogP contribution in [0, 0.1) is 0 Å². The summed E-state index contributed by atoms with van der Waals surface area (Å²) in [6.07, 6.45) is 0. The molecule has 0 aliphatic heterocycles. The van der Waals surface area contributed by atoms with Crippen LogP contribution >= 0.6 is 0 Å². The van der Waals surface area contributed by atoms with Gasteiger partial charge in [-0.2, -0.15) is 0 Å². The van der Waals surface area contributed by atoms with E-state index >= 15 is 0 Å². The fourth-order valence-corrected chi connectivity index (χ4v) is 9.10. The summed E-state index contributed by atoms with van der Waals surface area (Å²) in [7, 11) is 0. The van der Waals surface area contributed by atoms with E-state index < -0.39 is 0 Å². The van der Waals surface area contributed by atoms with E-state index in [9.17, 15) is 0 Å². The first-order valence-electron chi connectivity index (χ1n) is 21.2. The number of hydrogen-bond donors (Lipinski definition) is 0. The second kappa shape index (κ2) is 15.2. The molecule has 0 fully saturated rings. The number of pyridine rings is 1. The summed E-state index contributed by atoms with van der Waals surface area (Å²) in [5.41, 5.74) is 13.6. The summed E-state index contributed by atoms with van der Waals surface area (Å²) < 4.78 is 2.39. The predicted molar refractivity (Wildman–Crippen MR) is 260 cm³/mol. The van der Waals surface area contributed by atoms with Crippen molar-refractivity contribution < 1.29 is 0 Å². The summed E-state index contributed by atoms with van der Waals surface area (Å²) in [5, 5.41) is 5.86. The van der Waals surface area contributed by atoms with E-state index in [2.05, 4.69) is 193 Å². The van der Waals surface area contributed by atoms with Gasteiger partial charge in [-0.1, -0.05) is 194 Å². The van der Waals surface area contributed by atoms with Crippen LogP contribution in [0.25, 0.3) is 117 Å². The van der Waals surface area contributed by atoms with Crippen LogP contribution in [0.2, 0.25) is 0 Å². The Labute approximate surface area is 364 Å². The number of para-hydroxylation sites is 3. The smallest absolute Gasteiger partial charge is 0.164 e. The summed E-state index contributed by atoms with van der Waals surface area (Å²) in [4.78, 5) is 20.7. The van der Waals surface area contributed by atoms with E-state index in [1.54, 1.807) is 0 Å². The van der Waals surface area contributed by atoms with Gasteiger partial charge in [-0.15, -0.1) is 0 Å². The lowest BCUT2D eigenvalue weighted by Gasteiger charge is -2.15. The average molecular weight is 804 g/mol. The van der Waals surface area contributed by atoms with Gasteiger partial charge in [-0.3, -0.25) is 0 Å². The first-order valence-corrected chi connectivity index (χ1v) is 21.2. The van der Waals surface area contributed by atoms with Crippen molar-refractivity contribution in [1.29, 1.82) is 0 Å². The molecule has 0 atom stereocenters. The fourth-order valence-electron chi connectivity index (χ4n) is 9.10. The minimum Gasteiger partial charge on any atom is -0.309 e. The van der Waals surface area contributed by atoms with Crippen molar-refractivity contribution in [3.05, 3.63) is 224 Å². The molecule has 5 heteroatoms. The van der Waals surface area contributed by atoms with Crippen molar-refractivity contribution in [2.75, 3.05) is 0 Å². The van der Waals surface area contributed by atoms with Gasteiger partial charge in [0.2, 0.25) is 0 Å². The standard InChI is InChI=1S/C58H37N5/c1-5-17-38(18-6-1)43-23-15-24-44(37-43)58-61-56(41-21-9-3-10-22-41)60-57(62-58)42-33-31-39(32-34-42)46-28-16-29-48-52-49(54(59-55(46)48)40-19-7-2-8-20-40)35-36-51-53(52)47-27-13-14-30-50(47)63(51)45-25-11-4-12-26-45/h1-37H. The fraction of sp³-hybridized carbons (Fsp3) is 0. The molecular weight excluding hydrogens is 767 g/mol. The molecule has 12 rings (SSSR count). The van der Waals surface area contributed by atoms with Crippen LogP contribution < -0.4 is 0 Å². The van der Waals surface area contributed by atoms with Crippen LogP contribution in [0.15, 0.2) is 224 Å². The van der Waals surface area contributed by atoms with E-state index in [1.165, 1.54) is 21.7 Å². The van der Waals surface area contributed by atoms with E-state index in [1.807, 2.05) is 36.4 Å². The molecule has 0 spiro atoms. The maximum absolute atomic E-state index is 5.56. The van der Waals surface area contributed by atoms with Gasteiger partial charge in [0, 0.05) is 60.4 Å². The molecule has 5 nitrogen and oxygen atoms in total. The molecule has 63 heavy (non-hydrogen) atoms. The molecule has 3 aromatic heterocycles. The molecule has 12 aromatic rings. The van der Waals surface area contributed by atoms with Gasteiger partial charge in [-0.05, 0) is 47.0 Å². The van der Waals surface area contributed by atoms with Crippen molar-refractivity contribution in [2.45, 2.75) is 0 Å². The minimum atomic E-state index is 0.612. The number of fused-ring (bicyclic) bond motifs is 7. The molecule has 0 saturated heterocycles. The van der Waals surface area contributed by atoms with Crippen LogP contribution in [0.4, 0.5) is 0 Å². The highest BCUT2D eigenvalue weighted by atomic mass is 15.0. The van der Waals surface area contributed by atoms with E-state index in [0.29, 0.717) is 17.5 Å². The normalized spacial score (nSPS) is 11.5. The largest absolute Gasteiger partial charge is 0.309 e. The van der Waals surface area contributed by atoms with Crippen LogP contribution in [0.5, 0.6) is 0 Å². The third kappa shape index (κ3) is 6.34. The van der Waals surface area contributed by atoms with Gasteiger partial charge >= 0.3 is 0 Å². The van der Waals surface area contributed by atoms with E-state index in [0.717, 1.165) is 77.7 Å². The Morgan fingerprint density at radius 3 is 1.52 bits per heavy atom. The SMILES string of the molecule is c1ccc(-c2cccc(-c3nc(-c4ccccc4)nc(-c4ccc(-c5cccc6c5nc(-c5ccccc5)c5ccc7c(c8ccccc8n7-c7ccccc7)c56)cc4)n3)c2)cc1. The second-order valence-electron chi connectivity index (χ2n) is 15.8. The second-order valence-corrected chi connectivity index (χ2v) is 15.8. The number of nitrogens with zero attached hydrogens (tertiary/aromatic N) is 5. The van der Waals surface area contributed by atoms with Crippen molar-refractivity contribution in [3.63, 3.8) is 0 Å². The maximum Gasteiger partial charge on any atom is 0.164 e. The summed E-state index contributed by atoms with van der Waals surface area (Å²) in [6, 6.07) is 78.6. The van der Waals surface area contributed by atoms with Gasteiger partial charge < -0.3 is 4.57 Å². The van der Waals surface area contributed by atoms with Gasteiger partial charge in [0.1, 0.15) is 0 Å². The van der Waals surface area contributed by atoms with Crippen LogP contribution in [0.1, 0.15) is 0 Å². The van der Waals surface area contributed by atoms with E-state index in [4.69, 9.17) is 19.9 Å². The molecular formula is C58H37N5. The Kier molecular flexibility index (Phi) is 8.75. The Balaban J connectivity index is 1.04. The topological polar surface area (TPSA) is 56.5 Å². The molecule has 0 N–H and O–H groups in total. The molecule has 0 aliphatic rings. The van der Waals surface area contributed by atoms with Crippen molar-refractivity contribution >= 4 is 43.5 Å². The quantitative estimate of drug-likeness (QED) is 0.151. The summed E-state index contributed by atoms with van der Waals surface area (Å²) in [6.45, 7) is 0. The summed E-state index contributed by atoms with van der Waals surface area (Å²) >= 11 is 0. The Morgan fingerprint density at radius 2 is 0.810 bits per heavy atom. The lowest BCUT2D eigenvalue weighted by atomic mass is 9.93. The predicted octanol–water partition coefficient (Wildman–Crippen LogP) is 14.7. The lowest BCUT2D eigenvalue weighted by molar-refractivity contribution is 1.07. The number of benzene rings is 9. The highest BCUT2D eigenvalue weighted by Gasteiger charge is 2.21. The first kappa shape index (κ1) is 36.3. The Morgan fingerprint density at radius 1 is 0.286 bits per heavy atom. The zero-order chi connectivity index (χ0) is 41.7. The molecule has 0 saturated carbocycles. The van der Waals surface area contributed by atoms with Crippen LogP contribution in [-0.2, 0) is 0 Å². The molecule has 294 valence electrons. The Hall–Kier alpha value is -8.54. The van der Waals surface area contributed by atoms with Gasteiger partial charge in [0.15, 0.2) is 17.5 Å². The number of rotatable bonds is 7. The van der Waals surface area contributed by atoms with Crippen molar-refractivity contribution in [3.8, 4) is 73.4 Å².